The van der Waals surface area contributed by atoms with E-state index in [0.29, 0.717) is 5.69 Å². The number of carbonyl (C=O) groups excluding carboxylic acids is 1. The van der Waals surface area contributed by atoms with Crippen LogP contribution in [0.4, 0.5) is 10.1 Å². The maximum Gasteiger partial charge on any atom is 0.258 e. The smallest absolute Gasteiger partial charge is 0.258 e. The molecule has 0 fully saturated rings. The zero-order valence-electron chi connectivity index (χ0n) is 10.4. The molecular weight excluding hydrogens is 257 g/mol. The van der Waals surface area contributed by atoms with Crippen molar-refractivity contribution in [2.24, 2.45) is 0 Å². The van der Waals surface area contributed by atoms with E-state index in [0.717, 1.165) is 17.1 Å². The average molecular weight is 267 g/mol. The van der Waals surface area contributed by atoms with Crippen molar-refractivity contribution in [2.45, 2.75) is 0 Å². The summed E-state index contributed by atoms with van der Waals surface area (Å²) in [6.45, 7) is 0. The highest BCUT2D eigenvalue weighted by molar-refractivity contribution is 6.05. The molecule has 0 saturated carbocycles. The van der Waals surface area contributed by atoms with E-state index in [1.165, 1.54) is 12.3 Å². The number of halogens is 1. The highest BCUT2D eigenvalue weighted by Crippen LogP contribution is 2.18. The predicted molar refractivity (Wildman–Crippen MR) is 73.9 cm³/mol. The number of nitrogens with zero attached hydrogens (tertiary/aromatic N) is 2. The van der Waals surface area contributed by atoms with Gasteiger partial charge in [-0.15, -0.1) is 0 Å². The molecule has 0 bridgehead atoms. The van der Waals surface area contributed by atoms with E-state index in [1.54, 1.807) is 24.4 Å². The fraction of sp³-hybridized carbons (Fsp3) is 0. The summed E-state index contributed by atoms with van der Waals surface area (Å²) in [5.74, 6) is -1.15. The Morgan fingerprint density at radius 2 is 2.05 bits per heavy atom. The number of amides is 1. The summed E-state index contributed by atoms with van der Waals surface area (Å²) in [7, 11) is 0. The zero-order valence-corrected chi connectivity index (χ0v) is 10.4. The molecule has 0 aliphatic rings. The minimum Gasteiger partial charge on any atom is -0.322 e. The number of anilines is 1. The second-order valence-electron chi connectivity index (χ2n) is 4.22. The standard InChI is InChI=1S/C15H10FN3O/c16-13-9-17-7-5-12(13)15(20)19-11-3-4-14-10(8-11)2-1-6-18-14/h1-9H,(H,19,20). The van der Waals surface area contributed by atoms with E-state index in [4.69, 9.17) is 0 Å². The van der Waals surface area contributed by atoms with Gasteiger partial charge in [-0.2, -0.15) is 0 Å². The highest BCUT2D eigenvalue weighted by atomic mass is 19.1. The molecule has 2 aromatic heterocycles. The molecule has 0 unspecified atom stereocenters. The SMILES string of the molecule is O=C(Nc1ccc2ncccc2c1)c1ccncc1F. The van der Waals surface area contributed by atoms with Crippen molar-refractivity contribution in [1.82, 2.24) is 9.97 Å². The summed E-state index contributed by atoms with van der Waals surface area (Å²) in [6, 6.07) is 10.4. The average Bonchev–Trinajstić information content (AvgIpc) is 2.47. The Kier molecular flexibility index (Phi) is 3.09. The van der Waals surface area contributed by atoms with Crippen LogP contribution in [0.25, 0.3) is 10.9 Å². The van der Waals surface area contributed by atoms with Gasteiger partial charge in [0, 0.05) is 23.5 Å². The molecule has 1 aromatic carbocycles. The molecule has 1 N–H and O–H groups in total. The van der Waals surface area contributed by atoms with Crippen LogP contribution in [0.1, 0.15) is 10.4 Å². The minimum absolute atomic E-state index is 0.0358. The normalized spacial score (nSPS) is 10.4. The maximum absolute atomic E-state index is 13.5. The highest BCUT2D eigenvalue weighted by Gasteiger charge is 2.11. The summed E-state index contributed by atoms with van der Waals surface area (Å²) in [6.07, 6.45) is 4.09. The molecule has 0 saturated heterocycles. The predicted octanol–water partition coefficient (Wildman–Crippen LogP) is 3.02. The van der Waals surface area contributed by atoms with Gasteiger partial charge in [0.1, 0.15) is 0 Å². The Balaban J connectivity index is 1.89. The second-order valence-corrected chi connectivity index (χ2v) is 4.22. The summed E-state index contributed by atoms with van der Waals surface area (Å²) >= 11 is 0. The van der Waals surface area contributed by atoms with Crippen LogP contribution in [0.15, 0.2) is 55.0 Å². The molecule has 2 heterocycles. The van der Waals surface area contributed by atoms with Gasteiger partial charge in [-0.3, -0.25) is 14.8 Å². The first-order valence-corrected chi connectivity index (χ1v) is 6.00. The number of hydrogen-bond acceptors (Lipinski definition) is 3. The molecule has 0 radical (unpaired) electrons. The van der Waals surface area contributed by atoms with Gasteiger partial charge in [-0.05, 0) is 30.3 Å². The van der Waals surface area contributed by atoms with Gasteiger partial charge in [0.2, 0.25) is 0 Å². The number of aromatic nitrogens is 2. The van der Waals surface area contributed by atoms with Crippen LogP contribution in [0.2, 0.25) is 0 Å². The van der Waals surface area contributed by atoms with Crippen LogP contribution >= 0.6 is 0 Å². The lowest BCUT2D eigenvalue weighted by Crippen LogP contribution is -2.13. The molecule has 3 aromatic rings. The fourth-order valence-corrected chi connectivity index (χ4v) is 1.91. The van der Waals surface area contributed by atoms with Gasteiger partial charge in [-0.25, -0.2) is 4.39 Å². The third-order valence-corrected chi connectivity index (χ3v) is 2.88. The lowest BCUT2D eigenvalue weighted by molar-refractivity contribution is 0.102. The molecule has 0 spiro atoms. The molecule has 0 aliphatic heterocycles. The molecule has 98 valence electrons. The van der Waals surface area contributed by atoms with Gasteiger partial charge in [0.15, 0.2) is 5.82 Å². The van der Waals surface area contributed by atoms with E-state index in [9.17, 15) is 9.18 Å². The van der Waals surface area contributed by atoms with E-state index in [1.807, 2.05) is 12.1 Å². The molecule has 0 atom stereocenters. The second kappa shape index (κ2) is 5.05. The first kappa shape index (κ1) is 12.2. The summed E-state index contributed by atoms with van der Waals surface area (Å²) in [5.41, 5.74) is 1.39. The van der Waals surface area contributed by atoms with Crippen molar-refractivity contribution in [3.63, 3.8) is 0 Å². The number of carbonyl (C=O) groups is 1. The summed E-state index contributed by atoms with van der Waals surface area (Å²) in [5, 5.41) is 3.56. The van der Waals surface area contributed by atoms with E-state index in [-0.39, 0.29) is 5.56 Å². The largest absolute Gasteiger partial charge is 0.322 e. The molecule has 20 heavy (non-hydrogen) atoms. The Hall–Kier alpha value is -2.82. The Labute approximate surface area is 114 Å². The molecule has 5 heteroatoms. The minimum atomic E-state index is -0.646. The molecule has 3 rings (SSSR count). The van der Waals surface area contributed by atoms with Crippen LogP contribution in [0, 0.1) is 5.82 Å². The van der Waals surface area contributed by atoms with Gasteiger partial charge in [0.25, 0.3) is 5.91 Å². The van der Waals surface area contributed by atoms with Gasteiger partial charge in [0.05, 0.1) is 17.3 Å². The number of nitrogens with one attached hydrogen (secondary N) is 1. The van der Waals surface area contributed by atoms with E-state index < -0.39 is 11.7 Å². The molecule has 4 nitrogen and oxygen atoms in total. The number of fused-ring (bicyclic) bond motifs is 1. The van der Waals surface area contributed by atoms with Crippen LogP contribution in [0.5, 0.6) is 0 Å². The number of hydrogen-bond donors (Lipinski definition) is 1. The first-order valence-electron chi connectivity index (χ1n) is 6.00. The monoisotopic (exact) mass is 267 g/mol. The quantitative estimate of drug-likeness (QED) is 0.776. The van der Waals surface area contributed by atoms with E-state index in [2.05, 4.69) is 15.3 Å². The van der Waals surface area contributed by atoms with Crippen molar-refractivity contribution < 1.29 is 9.18 Å². The third-order valence-electron chi connectivity index (χ3n) is 2.88. The Bertz CT molecular complexity index is 789. The number of benzene rings is 1. The third kappa shape index (κ3) is 2.33. The van der Waals surface area contributed by atoms with E-state index >= 15 is 0 Å². The fourth-order valence-electron chi connectivity index (χ4n) is 1.91. The topological polar surface area (TPSA) is 54.9 Å². The van der Waals surface area contributed by atoms with Crippen LogP contribution in [-0.4, -0.2) is 15.9 Å². The molecule has 0 aliphatic carbocycles. The van der Waals surface area contributed by atoms with Gasteiger partial charge < -0.3 is 5.32 Å². The summed E-state index contributed by atoms with van der Waals surface area (Å²) in [4.78, 5) is 19.8. The molecular formula is C15H10FN3O. The summed E-state index contributed by atoms with van der Waals surface area (Å²) < 4.78 is 13.5. The van der Waals surface area contributed by atoms with Crippen molar-refractivity contribution >= 4 is 22.5 Å². The number of rotatable bonds is 2. The van der Waals surface area contributed by atoms with Gasteiger partial charge in [-0.1, -0.05) is 6.07 Å². The van der Waals surface area contributed by atoms with Crippen molar-refractivity contribution in [3.8, 4) is 0 Å². The first-order chi connectivity index (χ1) is 9.74. The van der Waals surface area contributed by atoms with Gasteiger partial charge >= 0.3 is 0 Å². The van der Waals surface area contributed by atoms with Crippen molar-refractivity contribution in [1.29, 1.82) is 0 Å². The zero-order chi connectivity index (χ0) is 13.9. The van der Waals surface area contributed by atoms with Crippen molar-refractivity contribution in [2.75, 3.05) is 5.32 Å². The molecule has 1 amide bonds. The lowest BCUT2D eigenvalue weighted by Gasteiger charge is -2.06. The Morgan fingerprint density at radius 3 is 2.90 bits per heavy atom. The Morgan fingerprint density at radius 1 is 1.15 bits per heavy atom. The van der Waals surface area contributed by atoms with Crippen LogP contribution in [0.3, 0.4) is 0 Å². The lowest BCUT2D eigenvalue weighted by atomic mass is 10.2. The maximum atomic E-state index is 13.5. The van der Waals surface area contributed by atoms with Crippen molar-refractivity contribution in [3.05, 3.63) is 66.4 Å². The number of pyridine rings is 2. The van der Waals surface area contributed by atoms with Crippen LogP contribution in [-0.2, 0) is 0 Å². The van der Waals surface area contributed by atoms with Crippen LogP contribution < -0.4 is 5.32 Å².